The number of nitrogens with two attached hydrogens (primary N) is 1. The number of benzene rings is 1. The third kappa shape index (κ3) is 5.56. The van der Waals surface area contributed by atoms with Crippen molar-refractivity contribution in [2.24, 2.45) is 10.7 Å². The number of rotatable bonds is 3. The maximum atomic E-state index is 5.75. The zero-order chi connectivity index (χ0) is 12.4. The lowest BCUT2D eigenvalue weighted by Gasteiger charge is -1.95. The highest BCUT2D eigenvalue weighted by Gasteiger charge is 1.90. The molecule has 0 heterocycles. The van der Waals surface area contributed by atoms with E-state index in [0.29, 0.717) is 5.02 Å². The van der Waals surface area contributed by atoms with Gasteiger partial charge in [0.25, 0.3) is 0 Å². The largest absolute Gasteiger partial charge is 0.404 e. The summed E-state index contributed by atoms with van der Waals surface area (Å²) in [5.74, 6) is 0. The molecule has 0 atom stereocenters. The van der Waals surface area contributed by atoms with Crippen LogP contribution < -0.4 is 5.73 Å². The molecule has 2 nitrogen and oxygen atoms in total. The lowest BCUT2D eigenvalue weighted by atomic mass is 10.2. The third-order valence-corrected chi connectivity index (χ3v) is 2.08. The molecule has 0 saturated carbocycles. The van der Waals surface area contributed by atoms with Crippen molar-refractivity contribution in [2.45, 2.75) is 27.2 Å². The van der Waals surface area contributed by atoms with E-state index in [4.69, 9.17) is 17.3 Å². The summed E-state index contributed by atoms with van der Waals surface area (Å²) in [6.45, 7) is 6.03. The molecule has 0 radical (unpaired) electrons. The molecule has 0 unspecified atom stereocenters. The molecule has 0 amide bonds. The van der Waals surface area contributed by atoms with Crippen molar-refractivity contribution in [2.75, 3.05) is 0 Å². The first-order valence-electron chi connectivity index (χ1n) is 5.46. The van der Waals surface area contributed by atoms with Crippen LogP contribution >= 0.6 is 11.6 Å². The quantitative estimate of drug-likeness (QED) is 0.783. The maximum absolute atomic E-state index is 5.75. The summed E-state index contributed by atoms with van der Waals surface area (Å²) < 4.78 is 0. The minimum Gasteiger partial charge on any atom is -0.404 e. The van der Waals surface area contributed by atoms with E-state index >= 15 is 0 Å². The number of halogens is 1. The van der Waals surface area contributed by atoms with Gasteiger partial charge in [-0.05, 0) is 42.5 Å². The van der Waals surface area contributed by atoms with Crippen LogP contribution in [0.2, 0.25) is 5.02 Å². The number of hydrogen-bond donors (Lipinski definition) is 1. The van der Waals surface area contributed by atoms with E-state index in [1.54, 1.807) is 12.4 Å². The molecule has 0 aliphatic heterocycles. The highest BCUT2D eigenvalue weighted by atomic mass is 35.5. The average Bonchev–Trinajstić information content (AvgIpc) is 2.35. The van der Waals surface area contributed by atoms with Crippen LogP contribution in [0.5, 0.6) is 0 Å². The molecule has 0 aromatic heterocycles. The van der Waals surface area contributed by atoms with Gasteiger partial charge in [-0.2, -0.15) is 0 Å². The van der Waals surface area contributed by atoms with E-state index in [1.165, 1.54) is 0 Å². The molecule has 16 heavy (non-hydrogen) atoms. The van der Waals surface area contributed by atoms with E-state index in [9.17, 15) is 0 Å². The van der Waals surface area contributed by atoms with Crippen molar-refractivity contribution in [3.8, 4) is 0 Å². The van der Waals surface area contributed by atoms with Crippen LogP contribution in [-0.4, -0.2) is 6.21 Å². The Hall–Kier alpha value is -1.28. The summed E-state index contributed by atoms with van der Waals surface area (Å²) in [4.78, 5) is 4.26. The molecule has 0 aliphatic carbocycles. The monoisotopic (exact) mass is 238 g/mol. The van der Waals surface area contributed by atoms with Gasteiger partial charge in [0, 0.05) is 11.2 Å². The average molecular weight is 239 g/mol. The molecule has 0 fully saturated rings. The minimum absolute atomic E-state index is 0.717. The molecular formula is C13H19ClN2. The van der Waals surface area contributed by atoms with Gasteiger partial charge in [-0.3, -0.25) is 4.99 Å². The van der Waals surface area contributed by atoms with Crippen LogP contribution in [-0.2, 0) is 0 Å². The summed E-state index contributed by atoms with van der Waals surface area (Å²) in [6.07, 6.45) is 4.22. The highest BCUT2D eigenvalue weighted by Crippen LogP contribution is 2.16. The Labute approximate surface area is 103 Å². The fourth-order valence-electron chi connectivity index (χ4n) is 0.937. The van der Waals surface area contributed by atoms with Gasteiger partial charge in [-0.1, -0.05) is 32.4 Å². The molecule has 0 bridgehead atoms. The number of nitrogens with zero attached hydrogens (tertiary/aromatic N) is 1. The molecule has 1 aromatic carbocycles. The first kappa shape index (κ1) is 14.7. The van der Waals surface area contributed by atoms with Gasteiger partial charge in [0.1, 0.15) is 0 Å². The zero-order valence-electron chi connectivity index (χ0n) is 10.1. The standard InChI is InChI=1S/C11H13ClN2.C2H6/c1-2-9(7-13)8-14-11-5-3-10(12)4-6-11;1-2/h3-8H,2,13H2,1H3;1-2H3/b9-7-,14-8?;. The molecule has 2 N–H and O–H groups in total. The maximum Gasteiger partial charge on any atom is 0.0630 e. The molecule has 1 aromatic rings. The second-order valence-corrected chi connectivity index (χ2v) is 3.27. The predicted molar refractivity (Wildman–Crippen MR) is 73.5 cm³/mol. The minimum atomic E-state index is 0.717. The lowest BCUT2D eigenvalue weighted by molar-refractivity contribution is 1.16. The normalized spacial score (nSPS) is 11.1. The number of hydrogen-bond acceptors (Lipinski definition) is 2. The van der Waals surface area contributed by atoms with Gasteiger partial charge < -0.3 is 5.73 Å². The molecule has 0 saturated heterocycles. The van der Waals surface area contributed by atoms with Gasteiger partial charge in [0.2, 0.25) is 0 Å². The smallest absolute Gasteiger partial charge is 0.0630 e. The van der Waals surface area contributed by atoms with E-state index in [-0.39, 0.29) is 0 Å². The first-order chi connectivity index (χ1) is 7.76. The zero-order valence-corrected chi connectivity index (χ0v) is 10.8. The Morgan fingerprint density at radius 1 is 1.31 bits per heavy atom. The summed E-state index contributed by atoms with van der Waals surface area (Å²) in [7, 11) is 0. The van der Waals surface area contributed by atoms with Gasteiger partial charge in [0.05, 0.1) is 5.69 Å². The van der Waals surface area contributed by atoms with Crippen molar-refractivity contribution in [1.82, 2.24) is 0 Å². The fourth-order valence-corrected chi connectivity index (χ4v) is 1.06. The molecule has 0 aliphatic rings. The second-order valence-electron chi connectivity index (χ2n) is 2.83. The van der Waals surface area contributed by atoms with Gasteiger partial charge in [-0.25, -0.2) is 0 Å². The van der Waals surface area contributed by atoms with E-state index in [0.717, 1.165) is 17.7 Å². The Balaban J connectivity index is 0.00000106. The SMILES string of the molecule is CC.CC/C(C=Nc1ccc(Cl)cc1)=C/N. The summed E-state index contributed by atoms with van der Waals surface area (Å²) in [5.41, 5.74) is 7.29. The van der Waals surface area contributed by atoms with Crippen LogP contribution in [0.3, 0.4) is 0 Å². The van der Waals surface area contributed by atoms with Crippen LogP contribution in [0.15, 0.2) is 41.0 Å². The van der Waals surface area contributed by atoms with Crippen molar-refractivity contribution >= 4 is 23.5 Å². The van der Waals surface area contributed by atoms with Gasteiger partial charge >= 0.3 is 0 Å². The van der Waals surface area contributed by atoms with Crippen LogP contribution in [0, 0.1) is 0 Å². The first-order valence-corrected chi connectivity index (χ1v) is 5.84. The van der Waals surface area contributed by atoms with E-state index in [2.05, 4.69) is 4.99 Å². The summed E-state index contributed by atoms with van der Waals surface area (Å²) in [5, 5.41) is 0.717. The number of aliphatic imine (C=N–C) groups is 1. The molecule has 1 rings (SSSR count). The van der Waals surface area contributed by atoms with Crippen molar-refractivity contribution in [3.63, 3.8) is 0 Å². The van der Waals surface area contributed by atoms with Crippen LogP contribution in [0.25, 0.3) is 0 Å². The Morgan fingerprint density at radius 3 is 2.31 bits per heavy atom. The Kier molecular flexibility index (Phi) is 8.26. The third-order valence-electron chi connectivity index (χ3n) is 1.83. The molecule has 3 heteroatoms. The van der Waals surface area contributed by atoms with Crippen molar-refractivity contribution < 1.29 is 0 Å². The lowest BCUT2D eigenvalue weighted by Crippen LogP contribution is -1.88. The highest BCUT2D eigenvalue weighted by molar-refractivity contribution is 6.30. The Morgan fingerprint density at radius 2 is 1.88 bits per heavy atom. The van der Waals surface area contributed by atoms with Crippen molar-refractivity contribution in [3.05, 3.63) is 41.1 Å². The molecule has 88 valence electrons. The predicted octanol–water partition coefficient (Wildman–Crippen LogP) is 4.32. The molecular weight excluding hydrogens is 220 g/mol. The summed E-state index contributed by atoms with van der Waals surface area (Å²) in [6, 6.07) is 7.35. The van der Waals surface area contributed by atoms with E-state index in [1.807, 2.05) is 45.0 Å². The van der Waals surface area contributed by atoms with Crippen LogP contribution in [0.1, 0.15) is 27.2 Å². The fraction of sp³-hybridized carbons (Fsp3) is 0.308. The second kappa shape index (κ2) is 8.98. The Bertz CT molecular complexity index is 339. The van der Waals surface area contributed by atoms with Crippen molar-refractivity contribution in [1.29, 1.82) is 0 Å². The van der Waals surface area contributed by atoms with Gasteiger partial charge in [-0.15, -0.1) is 0 Å². The topological polar surface area (TPSA) is 38.4 Å². The number of allylic oxidation sites excluding steroid dienone is 1. The molecule has 0 spiro atoms. The summed E-state index contributed by atoms with van der Waals surface area (Å²) >= 11 is 5.75. The van der Waals surface area contributed by atoms with Gasteiger partial charge in [0.15, 0.2) is 0 Å². The van der Waals surface area contributed by atoms with Crippen LogP contribution in [0.4, 0.5) is 5.69 Å². The van der Waals surface area contributed by atoms with E-state index < -0.39 is 0 Å².